The predicted octanol–water partition coefficient (Wildman–Crippen LogP) is 4.29. The number of piperidine rings is 1. The fraction of sp³-hybridized carbons (Fsp3) is 0.348. The van der Waals surface area contributed by atoms with E-state index in [1.807, 2.05) is 12.1 Å². The van der Waals surface area contributed by atoms with Crippen LogP contribution in [0.4, 0.5) is 5.69 Å². The second kappa shape index (κ2) is 9.36. The lowest BCUT2D eigenvalue weighted by Crippen LogP contribution is -2.38. The number of esters is 1. The number of carbonyl (C=O) groups excluding carboxylic acids is 2. The van der Waals surface area contributed by atoms with Gasteiger partial charge in [-0.15, -0.1) is 11.3 Å². The maximum absolute atomic E-state index is 12.6. The number of hydrogen-bond acceptors (Lipinski definition) is 6. The lowest BCUT2D eigenvalue weighted by atomic mass is 9.97. The monoisotopic (exact) mass is 423 g/mol. The molecule has 7 heteroatoms. The Morgan fingerprint density at radius 3 is 2.63 bits per heavy atom. The van der Waals surface area contributed by atoms with Crippen LogP contribution in [-0.4, -0.2) is 48.0 Å². The predicted molar refractivity (Wildman–Crippen MR) is 119 cm³/mol. The molecule has 1 saturated heterocycles. The number of amides is 1. The van der Waals surface area contributed by atoms with Gasteiger partial charge in [0.25, 0.3) is 0 Å². The highest BCUT2D eigenvalue weighted by atomic mass is 32.1. The van der Waals surface area contributed by atoms with Crippen molar-refractivity contribution in [2.24, 2.45) is 0 Å². The van der Waals surface area contributed by atoms with Gasteiger partial charge in [-0.3, -0.25) is 9.69 Å². The van der Waals surface area contributed by atoms with Gasteiger partial charge in [-0.05, 0) is 57.1 Å². The molecule has 1 fully saturated rings. The minimum absolute atomic E-state index is 0.120. The van der Waals surface area contributed by atoms with Crippen LogP contribution >= 0.6 is 11.3 Å². The van der Waals surface area contributed by atoms with E-state index in [-0.39, 0.29) is 5.91 Å². The number of carbonyl (C=O) groups is 2. The fourth-order valence-electron chi connectivity index (χ4n) is 3.77. The first-order valence-electron chi connectivity index (χ1n) is 10.3. The summed E-state index contributed by atoms with van der Waals surface area (Å²) in [5.74, 6) is -0.0958. The van der Waals surface area contributed by atoms with E-state index in [0.717, 1.165) is 31.4 Å². The molecular formula is C23H25N3O3S. The summed E-state index contributed by atoms with van der Waals surface area (Å²) < 4.78 is 6.30. The van der Waals surface area contributed by atoms with Gasteiger partial charge in [0.05, 0.1) is 39.6 Å². The second-order valence-corrected chi connectivity index (χ2v) is 8.45. The molecule has 4 rings (SSSR count). The van der Waals surface area contributed by atoms with Gasteiger partial charge in [-0.2, -0.15) is 0 Å². The number of hydrogen-bond donors (Lipinski definition) is 1. The highest BCUT2D eigenvalue weighted by Gasteiger charge is 2.25. The molecule has 0 saturated carbocycles. The lowest BCUT2D eigenvalue weighted by Gasteiger charge is -2.30. The van der Waals surface area contributed by atoms with Crippen molar-refractivity contribution in [3.8, 4) is 0 Å². The lowest BCUT2D eigenvalue weighted by molar-refractivity contribution is -0.117. The number of benzene rings is 2. The van der Waals surface area contributed by atoms with Gasteiger partial charge < -0.3 is 10.1 Å². The van der Waals surface area contributed by atoms with Crippen molar-refractivity contribution in [1.29, 1.82) is 0 Å². The van der Waals surface area contributed by atoms with E-state index in [2.05, 4.69) is 22.3 Å². The number of rotatable bonds is 6. The average Bonchev–Trinajstić information content (AvgIpc) is 3.19. The summed E-state index contributed by atoms with van der Waals surface area (Å²) in [7, 11) is 0. The van der Waals surface area contributed by atoms with E-state index < -0.39 is 5.97 Å². The maximum atomic E-state index is 12.6. The van der Waals surface area contributed by atoms with Crippen molar-refractivity contribution in [3.05, 3.63) is 59.1 Å². The molecule has 0 spiro atoms. The molecule has 2 aromatic carbocycles. The SMILES string of the molecule is CCOC(=O)c1ccccc1NC(=O)CN1CCC(c2nc3ccccc3s2)CC1. The molecule has 0 unspecified atom stereocenters. The van der Waals surface area contributed by atoms with Crippen LogP contribution in [0.25, 0.3) is 10.2 Å². The maximum Gasteiger partial charge on any atom is 0.340 e. The zero-order chi connectivity index (χ0) is 20.9. The van der Waals surface area contributed by atoms with E-state index in [4.69, 9.17) is 9.72 Å². The largest absolute Gasteiger partial charge is 0.462 e. The Hall–Kier alpha value is -2.77. The molecule has 0 aliphatic carbocycles. The summed E-state index contributed by atoms with van der Waals surface area (Å²) in [6.07, 6.45) is 1.99. The zero-order valence-electron chi connectivity index (χ0n) is 17.0. The Bertz CT molecular complexity index is 1010. The minimum atomic E-state index is -0.426. The third kappa shape index (κ3) is 4.68. The Morgan fingerprint density at radius 2 is 1.87 bits per heavy atom. The van der Waals surface area contributed by atoms with Crippen LogP contribution in [0.2, 0.25) is 0 Å². The molecule has 2 heterocycles. The fourth-order valence-corrected chi connectivity index (χ4v) is 4.91. The molecule has 1 N–H and O–H groups in total. The Morgan fingerprint density at radius 1 is 1.13 bits per heavy atom. The van der Waals surface area contributed by atoms with Crippen LogP contribution in [0.5, 0.6) is 0 Å². The van der Waals surface area contributed by atoms with E-state index >= 15 is 0 Å². The van der Waals surface area contributed by atoms with Gasteiger partial charge in [0, 0.05) is 5.92 Å². The quantitative estimate of drug-likeness (QED) is 0.599. The van der Waals surface area contributed by atoms with Gasteiger partial charge in [-0.1, -0.05) is 24.3 Å². The number of likely N-dealkylation sites (tertiary alicyclic amines) is 1. The van der Waals surface area contributed by atoms with E-state index in [0.29, 0.717) is 30.3 Å². The number of fused-ring (bicyclic) bond motifs is 1. The third-order valence-electron chi connectivity index (χ3n) is 5.31. The summed E-state index contributed by atoms with van der Waals surface area (Å²) in [5, 5.41) is 4.06. The zero-order valence-corrected chi connectivity index (χ0v) is 17.8. The highest BCUT2D eigenvalue weighted by molar-refractivity contribution is 7.18. The Labute approximate surface area is 179 Å². The molecule has 3 aromatic rings. The number of thiazole rings is 1. The first-order chi connectivity index (χ1) is 14.6. The molecular weight excluding hydrogens is 398 g/mol. The van der Waals surface area contributed by atoms with E-state index in [9.17, 15) is 9.59 Å². The van der Waals surface area contributed by atoms with Crippen LogP contribution in [0, 0.1) is 0 Å². The van der Waals surface area contributed by atoms with E-state index in [1.54, 1.807) is 42.5 Å². The smallest absolute Gasteiger partial charge is 0.340 e. The summed E-state index contributed by atoms with van der Waals surface area (Å²) >= 11 is 1.78. The highest BCUT2D eigenvalue weighted by Crippen LogP contribution is 2.33. The standard InChI is InChI=1S/C23H25N3O3S/c1-2-29-23(28)17-7-3-4-8-18(17)24-21(27)15-26-13-11-16(12-14-26)22-25-19-9-5-6-10-20(19)30-22/h3-10,16H,2,11-15H2,1H3,(H,24,27). The Balaban J connectivity index is 1.32. The molecule has 1 amide bonds. The third-order valence-corrected chi connectivity index (χ3v) is 6.51. The number of anilines is 1. The number of para-hydroxylation sites is 2. The van der Waals surface area contributed by atoms with Crippen molar-refractivity contribution >= 4 is 39.1 Å². The van der Waals surface area contributed by atoms with Crippen molar-refractivity contribution in [1.82, 2.24) is 9.88 Å². The number of nitrogens with one attached hydrogen (secondary N) is 1. The van der Waals surface area contributed by atoms with Gasteiger partial charge in [0.15, 0.2) is 0 Å². The van der Waals surface area contributed by atoms with Gasteiger partial charge in [0.2, 0.25) is 5.91 Å². The molecule has 0 atom stereocenters. The molecule has 6 nitrogen and oxygen atoms in total. The molecule has 0 radical (unpaired) electrons. The molecule has 156 valence electrons. The first kappa shape index (κ1) is 20.5. The van der Waals surface area contributed by atoms with Crippen LogP contribution in [0.15, 0.2) is 48.5 Å². The second-order valence-electron chi connectivity index (χ2n) is 7.38. The molecule has 1 aromatic heterocycles. The summed E-state index contributed by atoms with van der Waals surface area (Å²) in [4.78, 5) is 31.6. The molecule has 1 aliphatic rings. The average molecular weight is 424 g/mol. The Kier molecular flexibility index (Phi) is 6.40. The molecule has 0 bridgehead atoms. The van der Waals surface area contributed by atoms with Gasteiger partial charge in [-0.25, -0.2) is 9.78 Å². The number of ether oxygens (including phenoxy) is 1. The van der Waals surface area contributed by atoms with Crippen LogP contribution in [0.3, 0.4) is 0 Å². The van der Waals surface area contributed by atoms with E-state index in [1.165, 1.54) is 9.71 Å². The van der Waals surface area contributed by atoms with Crippen molar-refractivity contribution < 1.29 is 14.3 Å². The number of aromatic nitrogens is 1. The summed E-state index contributed by atoms with van der Waals surface area (Å²) in [6, 6.07) is 15.2. The first-order valence-corrected chi connectivity index (χ1v) is 11.1. The van der Waals surface area contributed by atoms with Gasteiger partial charge >= 0.3 is 5.97 Å². The van der Waals surface area contributed by atoms with Crippen molar-refractivity contribution in [2.75, 3.05) is 31.6 Å². The molecule has 30 heavy (non-hydrogen) atoms. The topological polar surface area (TPSA) is 71.5 Å². The normalized spacial score (nSPS) is 15.2. The van der Waals surface area contributed by atoms with Crippen molar-refractivity contribution in [2.45, 2.75) is 25.7 Å². The summed E-state index contributed by atoms with van der Waals surface area (Å²) in [5.41, 5.74) is 1.94. The molecule has 1 aliphatic heterocycles. The van der Waals surface area contributed by atoms with Crippen LogP contribution in [-0.2, 0) is 9.53 Å². The van der Waals surface area contributed by atoms with Crippen LogP contribution in [0.1, 0.15) is 41.0 Å². The minimum Gasteiger partial charge on any atom is -0.462 e. The van der Waals surface area contributed by atoms with Crippen LogP contribution < -0.4 is 5.32 Å². The number of nitrogens with zero attached hydrogens (tertiary/aromatic N) is 2. The summed E-state index contributed by atoms with van der Waals surface area (Å²) in [6.45, 7) is 4.08. The van der Waals surface area contributed by atoms with Crippen molar-refractivity contribution in [3.63, 3.8) is 0 Å². The van der Waals surface area contributed by atoms with Gasteiger partial charge in [0.1, 0.15) is 0 Å².